The highest BCUT2D eigenvalue weighted by Gasteiger charge is 2.40. The smallest absolute Gasteiger partial charge is 0.0456 e. The molecule has 0 saturated carbocycles. The van der Waals surface area contributed by atoms with Gasteiger partial charge in [-0.25, -0.2) is 0 Å². The molecule has 0 radical (unpaired) electrons. The first kappa shape index (κ1) is 11.0. The lowest BCUT2D eigenvalue weighted by Gasteiger charge is -2.30. The molecule has 2 rings (SSSR count). The van der Waals surface area contributed by atoms with Crippen LogP contribution in [0.1, 0.15) is 39.2 Å². The maximum atomic E-state index is 6.25. The fourth-order valence-electron chi connectivity index (χ4n) is 2.55. The van der Waals surface area contributed by atoms with E-state index in [1.54, 1.807) is 0 Å². The molecule has 1 aliphatic heterocycles. The number of hydrogen-bond acceptors (Lipinski definition) is 1. The van der Waals surface area contributed by atoms with Crippen LogP contribution >= 0.6 is 11.6 Å². The van der Waals surface area contributed by atoms with Crippen molar-refractivity contribution in [2.45, 2.75) is 44.7 Å². The number of halogens is 1. The average molecular weight is 224 g/mol. The lowest BCUT2D eigenvalue weighted by atomic mass is 9.90. The van der Waals surface area contributed by atoms with E-state index >= 15 is 0 Å². The summed E-state index contributed by atoms with van der Waals surface area (Å²) in [5.74, 6) is 0. The molecule has 1 saturated heterocycles. The Hall–Kier alpha value is -0.530. The van der Waals surface area contributed by atoms with E-state index in [1.807, 2.05) is 12.1 Å². The summed E-state index contributed by atoms with van der Waals surface area (Å²) < 4.78 is 0. The Kier molecular flexibility index (Phi) is 2.56. The van der Waals surface area contributed by atoms with Crippen LogP contribution in [-0.2, 0) is 5.54 Å². The zero-order valence-corrected chi connectivity index (χ0v) is 10.4. The fourth-order valence-corrected chi connectivity index (χ4v) is 2.89. The predicted molar refractivity (Wildman–Crippen MR) is 65.3 cm³/mol. The van der Waals surface area contributed by atoms with Crippen LogP contribution in [0.4, 0.5) is 0 Å². The summed E-state index contributed by atoms with van der Waals surface area (Å²) in [6.07, 6.45) is 2.33. The number of rotatable bonds is 1. The minimum Gasteiger partial charge on any atom is -0.303 e. The molecular formula is C13H18ClN. The summed E-state index contributed by atoms with van der Waals surface area (Å²) in [5, 5.41) is 4.55. The maximum Gasteiger partial charge on any atom is 0.0456 e. The van der Waals surface area contributed by atoms with Gasteiger partial charge in [-0.05, 0) is 45.2 Å². The highest BCUT2D eigenvalue weighted by Crippen LogP contribution is 2.40. The Morgan fingerprint density at radius 3 is 2.33 bits per heavy atom. The minimum atomic E-state index is 0.0296. The van der Waals surface area contributed by atoms with Gasteiger partial charge in [0.25, 0.3) is 0 Å². The third-order valence-electron chi connectivity index (χ3n) is 3.33. The molecule has 1 aliphatic rings. The monoisotopic (exact) mass is 223 g/mol. The molecule has 0 aromatic heterocycles. The number of nitrogens with one attached hydrogen (secondary N) is 1. The molecule has 1 fully saturated rings. The quantitative estimate of drug-likeness (QED) is 0.765. The van der Waals surface area contributed by atoms with E-state index in [0.29, 0.717) is 0 Å². The second kappa shape index (κ2) is 3.50. The largest absolute Gasteiger partial charge is 0.303 e. The lowest BCUT2D eigenvalue weighted by Crippen LogP contribution is -2.43. The van der Waals surface area contributed by atoms with Crippen molar-refractivity contribution in [3.8, 4) is 0 Å². The minimum absolute atomic E-state index is 0.0296. The van der Waals surface area contributed by atoms with Crippen LogP contribution in [0.5, 0.6) is 0 Å². The molecule has 2 heteroatoms. The van der Waals surface area contributed by atoms with E-state index in [1.165, 1.54) is 12.0 Å². The molecule has 1 atom stereocenters. The van der Waals surface area contributed by atoms with E-state index < -0.39 is 0 Å². The van der Waals surface area contributed by atoms with E-state index in [9.17, 15) is 0 Å². The molecule has 1 aromatic carbocycles. The van der Waals surface area contributed by atoms with Crippen molar-refractivity contribution < 1.29 is 0 Å². The van der Waals surface area contributed by atoms with Gasteiger partial charge in [0.15, 0.2) is 0 Å². The molecule has 0 aliphatic carbocycles. The Morgan fingerprint density at radius 2 is 1.80 bits per heavy atom. The summed E-state index contributed by atoms with van der Waals surface area (Å²) in [5.41, 5.74) is 1.47. The van der Waals surface area contributed by atoms with E-state index in [2.05, 4.69) is 38.2 Å². The summed E-state index contributed by atoms with van der Waals surface area (Å²) in [7, 11) is 0. The van der Waals surface area contributed by atoms with Gasteiger partial charge in [-0.2, -0.15) is 0 Å². The first-order valence-electron chi connectivity index (χ1n) is 5.47. The fraction of sp³-hybridized carbons (Fsp3) is 0.538. The van der Waals surface area contributed by atoms with E-state index in [0.717, 1.165) is 11.4 Å². The van der Waals surface area contributed by atoms with Crippen molar-refractivity contribution >= 4 is 11.6 Å². The molecule has 0 amide bonds. The third kappa shape index (κ3) is 2.04. The van der Waals surface area contributed by atoms with Crippen molar-refractivity contribution in [3.05, 3.63) is 34.9 Å². The van der Waals surface area contributed by atoms with Crippen LogP contribution in [0.2, 0.25) is 5.02 Å². The first-order chi connectivity index (χ1) is 6.93. The van der Waals surface area contributed by atoms with Crippen molar-refractivity contribution in [1.82, 2.24) is 5.32 Å². The van der Waals surface area contributed by atoms with E-state index in [4.69, 9.17) is 11.6 Å². The van der Waals surface area contributed by atoms with Crippen LogP contribution in [0.3, 0.4) is 0 Å². The Balaban J connectivity index is 2.36. The standard InChI is InChI=1S/C13H18ClN/c1-12(2)8-9-13(3,15-12)10-6-4-5-7-11(10)14/h4-7,15H,8-9H2,1-3H3. The molecule has 82 valence electrons. The highest BCUT2D eigenvalue weighted by atomic mass is 35.5. The molecule has 1 nitrogen and oxygen atoms in total. The molecule has 1 N–H and O–H groups in total. The van der Waals surface area contributed by atoms with Crippen LogP contribution in [0.25, 0.3) is 0 Å². The van der Waals surface area contributed by atoms with Gasteiger partial charge in [0.1, 0.15) is 0 Å². The average Bonchev–Trinajstić information content (AvgIpc) is 2.42. The first-order valence-corrected chi connectivity index (χ1v) is 5.85. The van der Waals surface area contributed by atoms with Crippen molar-refractivity contribution in [2.24, 2.45) is 0 Å². The van der Waals surface area contributed by atoms with Gasteiger partial charge in [-0.3, -0.25) is 0 Å². The Bertz CT molecular complexity index is 373. The third-order valence-corrected chi connectivity index (χ3v) is 3.66. The SMILES string of the molecule is CC1(C)CCC(C)(c2ccccc2Cl)N1. The molecule has 1 heterocycles. The van der Waals surface area contributed by atoms with Crippen LogP contribution in [0, 0.1) is 0 Å². The van der Waals surface area contributed by atoms with Crippen LogP contribution < -0.4 is 5.32 Å². The van der Waals surface area contributed by atoms with Crippen LogP contribution in [0.15, 0.2) is 24.3 Å². The topological polar surface area (TPSA) is 12.0 Å². The summed E-state index contributed by atoms with van der Waals surface area (Å²) in [4.78, 5) is 0. The second-order valence-corrected chi connectivity index (χ2v) is 5.73. The summed E-state index contributed by atoms with van der Waals surface area (Å²) >= 11 is 6.25. The molecule has 1 aromatic rings. The Labute approximate surface area is 96.8 Å². The van der Waals surface area contributed by atoms with E-state index in [-0.39, 0.29) is 11.1 Å². The van der Waals surface area contributed by atoms with Gasteiger partial charge >= 0.3 is 0 Å². The molecule has 0 bridgehead atoms. The van der Waals surface area contributed by atoms with Gasteiger partial charge in [0.2, 0.25) is 0 Å². The Morgan fingerprint density at radius 1 is 1.13 bits per heavy atom. The normalized spacial score (nSPS) is 29.3. The van der Waals surface area contributed by atoms with Gasteiger partial charge in [0, 0.05) is 16.1 Å². The van der Waals surface area contributed by atoms with Crippen molar-refractivity contribution in [1.29, 1.82) is 0 Å². The van der Waals surface area contributed by atoms with Crippen molar-refractivity contribution in [2.75, 3.05) is 0 Å². The second-order valence-electron chi connectivity index (χ2n) is 5.32. The number of hydrogen-bond donors (Lipinski definition) is 1. The van der Waals surface area contributed by atoms with Gasteiger partial charge in [0.05, 0.1) is 0 Å². The van der Waals surface area contributed by atoms with Gasteiger partial charge in [-0.1, -0.05) is 29.8 Å². The van der Waals surface area contributed by atoms with Crippen molar-refractivity contribution in [3.63, 3.8) is 0 Å². The zero-order chi connectivity index (χ0) is 11.1. The molecule has 15 heavy (non-hydrogen) atoms. The molecular weight excluding hydrogens is 206 g/mol. The zero-order valence-electron chi connectivity index (χ0n) is 9.60. The number of benzene rings is 1. The van der Waals surface area contributed by atoms with Gasteiger partial charge < -0.3 is 5.32 Å². The maximum absolute atomic E-state index is 6.25. The highest BCUT2D eigenvalue weighted by molar-refractivity contribution is 6.31. The van der Waals surface area contributed by atoms with Gasteiger partial charge in [-0.15, -0.1) is 0 Å². The lowest BCUT2D eigenvalue weighted by molar-refractivity contribution is 0.353. The summed E-state index contributed by atoms with van der Waals surface area (Å²) in [6, 6.07) is 8.13. The predicted octanol–water partition coefficient (Wildman–Crippen LogP) is 3.72. The molecule has 1 unspecified atom stereocenters. The van der Waals surface area contributed by atoms with Crippen LogP contribution in [-0.4, -0.2) is 5.54 Å². The summed E-state index contributed by atoms with van der Waals surface area (Å²) in [6.45, 7) is 6.73. The molecule has 0 spiro atoms.